The lowest BCUT2D eigenvalue weighted by atomic mass is 10.0. The van der Waals surface area contributed by atoms with Gasteiger partial charge in [0.1, 0.15) is 13.7 Å². The quantitative estimate of drug-likeness (QED) is 0.306. The Kier molecular flexibility index (Phi) is 5.71. The number of rotatable bonds is 6. The van der Waals surface area contributed by atoms with Crippen LogP contribution >= 0.6 is 11.6 Å². The zero-order valence-corrected chi connectivity index (χ0v) is 18.8. The number of benzene rings is 3. The van der Waals surface area contributed by atoms with Crippen molar-refractivity contribution in [3.8, 4) is 11.3 Å². The van der Waals surface area contributed by atoms with Crippen molar-refractivity contribution in [2.75, 3.05) is 18.4 Å². The highest BCUT2D eigenvalue weighted by molar-refractivity contribution is 6.36. The van der Waals surface area contributed by atoms with E-state index in [0.717, 1.165) is 39.0 Å². The normalized spacial score (nSPS) is 11.1. The largest absolute Gasteiger partial charge is 0.368 e. The van der Waals surface area contributed by atoms with Crippen molar-refractivity contribution in [1.29, 1.82) is 0 Å². The number of fused-ring (bicyclic) bond motifs is 2. The van der Waals surface area contributed by atoms with Crippen molar-refractivity contribution in [3.63, 3.8) is 0 Å². The minimum absolute atomic E-state index is 0.103. The first-order chi connectivity index (χ1) is 16.1. The number of hydrogen-bond acceptors (Lipinski definition) is 4. The van der Waals surface area contributed by atoms with E-state index >= 15 is 0 Å². The van der Waals surface area contributed by atoms with E-state index in [2.05, 4.69) is 15.7 Å². The monoisotopic (exact) mass is 453 g/mol. The molecule has 0 aliphatic heterocycles. The molecule has 0 atom stereocenters. The number of halogens is 1. The fourth-order valence-electron chi connectivity index (χ4n) is 3.80. The van der Waals surface area contributed by atoms with Gasteiger partial charge in [-0.25, -0.2) is 4.98 Å². The van der Waals surface area contributed by atoms with Crippen molar-refractivity contribution in [2.24, 2.45) is 0 Å². The fourth-order valence-corrected chi connectivity index (χ4v) is 4.04. The Labute approximate surface area is 197 Å². The van der Waals surface area contributed by atoms with Crippen molar-refractivity contribution < 1.29 is 4.79 Å². The van der Waals surface area contributed by atoms with Gasteiger partial charge in [-0.1, -0.05) is 60.1 Å². The molecule has 6 nitrogen and oxygen atoms in total. The van der Waals surface area contributed by atoms with E-state index in [0.29, 0.717) is 23.7 Å². The van der Waals surface area contributed by atoms with E-state index in [4.69, 9.17) is 16.6 Å². The Morgan fingerprint density at radius 1 is 0.970 bits per heavy atom. The highest BCUT2D eigenvalue weighted by Gasteiger charge is 2.12. The van der Waals surface area contributed by atoms with Crippen LogP contribution in [0.1, 0.15) is 10.4 Å². The molecule has 0 saturated heterocycles. The molecule has 0 unspecified atom stereocenters. The van der Waals surface area contributed by atoms with E-state index in [1.54, 1.807) is 10.7 Å². The topological polar surface area (TPSA) is 71.3 Å². The summed E-state index contributed by atoms with van der Waals surface area (Å²) in [7, 11) is 1.97. The molecule has 1 amide bonds. The van der Waals surface area contributed by atoms with Crippen LogP contribution in [0.25, 0.3) is 27.7 Å². The summed E-state index contributed by atoms with van der Waals surface area (Å²) in [4.78, 5) is 17.4. The molecule has 8 heteroatoms. The van der Waals surface area contributed by atoms with E-state index in [9.17, 15) is 4.79 Å². The molecule has 33 heavy (non-hydrogen) atoms. The molecule has 2 aromatic heterocycles. The minimum Gasteiger partial charge on any atom is -0.368 e. The summed E-state index contributed by atoms with van der Waals surface area (Å²) in [6.45, 7) is 0.983. The molecular weight excluding hydrogens is 433 g/mol. The first-order valence-electron chi connectivity index (χ1n) is 10.7. The number of hydrogen-bond donors (Lipinski definition) is 2. The Morgan fingerprint density at radius 3 is 2.61 bits per heavy atom. The van der Waals surface area contributed by atoms with Crippen LogP contribution in [0.2, 0.25) is 5.02 Å². The van der Waals surface area contributed by atoms with Gasteiger partial charge in [-0.2, -0.15) is 9.61 Å². The van der Waals surface area contributed by atoms with Crippen molar-refractivity contribution in [3.05, 3.63) is 89.6 Å². The maximum Gasteiger partial charge on any atom is 0.251 e. The average molecular weight is 454 g/mol. The van der Waals surface area contributed by atoms with Gasteiger partial charge in [0.05, 0.1) is 5.69 Å². The Hall–Kier alpha value is -3.84. The number of amides is 1. The summed E-state index contributed by atoms with van der Waals surface area (Å²) < 4.78 is 1.76. The smallest absolute Gasteiger partial charge is 0.251 e. The number of carbonyl (C=O) groups excluding carboxylic acids is 1. The highest BCUT2D eigenvalue weighted by atomic mass is 35.5. The number of carbonyl (C=O) groups is 1. The van der Waals surface area contributed by atoms with Crippen LogP contribution in [0.3, 0.4) is 0 Å². The second kappa shape index (κ2) is 8.96. The number of nitrogens with one attached hydrogen (secondary N) is 2. The van der Waals surface area contributed by atoms with E-state index < -0.39 is 0 Å². The Morgan fingerprint density at radius 2 is 1.76 bits per heavy atom. The van der Waals surface area contributed by atoms with Gasteiger partial charge in [-0.15, -0.1) is 0 Å². The molecule has 0 bridgehead atoms. The average Bonchev–Trinajstić information content (AvgIpc) is 3.22. The summed E-state index contributed by atoms with van der Waals surface area (Å²) in [6, 6.07) is 23.3. The lowest BCUT2D eigenvalue weighted by Crippen LogP contribution is -2.29. The van der Waals surface area contributed by atoms with E-state index in [-0.39, 0.29) is 5.91 Å². The van der Waals surface area contributed by atoms with Gasteiger partial charge in [0.15, 0.2) is 5.65 Å². The summed E-state index contributed by atoms with van der Waals surface area (Å²) in [5.74, 6) is 0.678. The van der Waals surface area contributed by atoms with Crippen LogP contribution in [0.4, 0.5) is 5.82 Å². The second-order valence-corrected chi connectivity index (χ2v) is 8.22. The van der Waals surface area contributed by atoms with Crippen LogP contribution in [-0.2, 0) is 0 Å². The minimum atomic E-state index is -0.103. The van der Waals surface area contributed by atoms with Gasteiger partial charge in [0.25, 0.3) is 5.91 Å². The zero-order valence-electron chi connectivity index (χ0n) is 18.0. The SMILES string of the molecule is Bc1cnn2c(NCCNC(=O)c3ccc4ccccc4c3)cc(-c3ccccc3Cl)nc12. The number of aromatic nitrogens is 3. The van der Waals surface area contributed by atoms with Gasteiger partial charge < -0.3 is 10.6 Å². The molecule has 0 saturated carbocycles. The van der Waals surface area contributed by atoms with Crippen LogP contribution in [0, 0.1) is 0 Å². The lowest BCUT2D eigenvalue weighted by molar-refractivity contribution is 0.0955. The van der Waals surface area contributed by atoms with Crippen molar-refractivity contribution >= 4 is 53.1 Å². The summed E-state index contributed by atoms with van der Waals surface area (Å²) >= 11 is 6.40. The Bertz CT molecular complexity index is 1480. The fraction of sp³-hybridized carbons (Fsp3) is 0.0800. The third-order valence-corrected chi connectivity index (χ3v) is 5.86. The molecule has 5 aromatic rings. The molecule has 3 aromatic carbocycles. The van der Waals surface area contributed by atoms with Gasteiger partial charge in [-0.05, 0) is 34.4 Å². The molecular formula is C25H21BClN5O. The number of nitrogens with zero attached hydrogens (tertiary/aromatic N) is 3. The van der Waals surface area contributed by atoms with Crippen LogP contribution < -0.4 is 16.1 Å². The third-order valence-electron chi connectivity index (χ3n) is 5.53. The van der Waals surface area contributed by atoms with Crippen LogP contribution in [-0.4, -0.2) is 41.4 Å². The Balaban J connectivity index is 1.31. The predicted molar refractivity (Wildman–Crippen MR) is 136 cm³/mol. The maximum absolute atomic E-state index is 12.6. The molecule has 0 fully saturated rings. The van der Waals surface area contributed by atoms with Crippen LogP contribution in [0.15, 0.2) is 79.0 Å². The van der Waals surface area contributed by atoms with E-state index in [1.807, 2.05) is 80.6 Å². The molecule has 162 valence electrons. The van der Waals surface area contributed by atoms with E-state index in [1.165, 1.54) is 0 Å². The highest BCUT2D eigenvalue weighted by Crippen LogP contribution is 2.28. The van der Waals surface area contributed by atoms with Crippen molar-refractivity contribution in [1.82, 2.24) is 19.9 Å². The molecule has 2 heterocycles. The zero-order chi connectivity index (χ0) is 22.8. The molecule has 0 aliphatic carbocycles. The molecule has 0 radical (unpaired) electrons. The van der Waals surface area contributed by atoms with Gasteiger partial charge >= 0.3 is 0 Å². The summed E-state index contributed by atoms with van der Waals surface area (Å²) in [5.41, 5.74) is 3.99. The van der Waals surface area contributed by atoms with Crippen LogP contribution in [0.5, 0.6) is 0 Å². The first-order valence-corrected chi connectivity index (χ1v) is 11.1. The molecule has 0 spiro atoms. The van der Waals surface area contributed by atoms with Gasteiger partial charge in [0, 0.05) is 41.5 Å². The first kappa shape index (κ1) is 21.0. The predicted octanol–water partition coefficient (Wildman–Crippen LogP) is 3.30. The molecule has 5 rings (SSSR count). The summed E-state index contributed by atoms with van der Waals surface area (Å²) in [6.07, 6.45) is 1.78. The third kappa shape index (κ3) is 4.27. The standard InChI is InChI=1S/C25H21BClN5O/c26-20-15-30-32-23(14-22(31-24(20)32)19-7-3-4-8-21(19)27)28-11-12-29-25(33)18-10-9-16-5-1-2-6-17(16)13-18/h1-10,13-15,28H,11-12,26H2,(H,29,33). The molecule has 0 aliphatic rings. The molecule has 2 N–H and O–H groups in total. The lowest BCUT2D eigenvalue weighted by Gasteiger charge is -2.12. The number of anilines is 1. The van der Waals surface area contributed by atoms with Gasteiger partial charge in [0.2, 0.25) is 0 Å². The second-order valence-electron chi connectivity index (χ2n) is 7.81. The van der Waals surface area contributed by atoms with Gasteiger partial charge in [-0.3, -0.25) is 4.79 Å². The van der Waals surface area contributed by atoms with Crippen molar-refractivity contribution in [2.45, 2.75) is 0 Å². The summed E-state index contributed by atoms with van der Waals surface area (Å²) in [5, 5.41) is 13.6. The maximum atomic E-state index is 12.6.